The number of anilines is 1. The molecule has 1 atom stereocenters. The third-order valence-electron chi connectivity index (χ3n) is 4.90. The Morgan fingerprint density at radius 3 is 2.56 bits per heavy atom. The van der Waals surface area contributed by atoms with Gasteiger partial charge in [-0.1, -0.05) is 36.4 Å². The van der Waals surface area contributed by atoms with Crippen LogP contribution in [0.1, 0.15) is 22.0 Å². The maximum atomic E-state index is 13.2. The van der Waals surface area contributed by atoms with Crippen LogP contribution in [0.25, 0.3) is 0 Å². The van der Waals surface area contributed by atoms with Crippen LogP contribution in [0, 0.1) is 0 Å². The minimum absolute atomic E-state index is 0.104. The number of carbonyl (C=O) groups excluding carboxylic acids is 2. The van der Waals surface area contributed by atoms with Crippen LogP contribution in [0.2, 0.25) is 0 Å². The monoisotopic (exact) mass is 363 g/mol. The standard InChI is InChI=1S/C20H17N3O4/c1-22-15-11-23(14-9-5-8-13(10-14)19(25)26)18(24)16(15)17(21-20(22)27)12-6-3-2-4-7-12/h2-10,17H,11H2,1H3,(H,21,27)(H,25,26)/t17-/m0/s1. The van der Waals surface area contributed by atoms with E-state index < -0.39 is 12.0 Å². The molecular formula is C20H17N3O4. The second kappa shape index (κ2) is 6.28. The SMILES string of the molecule is CN1C(=O)N[C@@H](c2ccccc2)C2=C1CN(c1cccc(C(=O)O)c1)C2=O. The number of rotatable bonds is 3. The summed E-state index contributed by atoms with van der Waals surface area (Å²) in [5.74, 6) is -1.30. The van der Waals surface area contributed by atoms with Crippen molar-refractivity contribution in [2.75, 3.05) is 18.5 Å². The second-order valence-electron chi connectivity index (χ2n) is 6.46. The number of amides is 3. The van der Waals surface area contributed by atoms with Crippen LogP contribution in [0.4, 0.5) is 10.5 Å². The number of urea groups is 1. The van der Waals surface area contributed by atoms with Crippen LogP contribution < -0.4 is 10.2 Å². The number of carboxylic acid groups (broad SMARTS) is 1. The van der Waals surface area contributed by atoms with Crippen molar-refractivity contribution in [2.24, 2.45) is 0 Å². The Labute approximate surface area is 155 Å². The zero-order valence-electron chi connectivity index (χ0n) is 14.5. The van der Waals surface area contributed by atoms with Gasteiger partial charge in [-0.15, -0.1) is 0 Å². The van der Waals surface area contributed by atoms with Gasteiger partial charge in [0.2, 0.25) is 0 Å². The third kappa shape index (κ3) is 2.73. The highest BCUT2D eigenvalue weighted by atomic mass is 16.4. The topological polar surface area (TPSA) is 90.0 Å². The molecule has 0 bridgehead atoms. The van der Waals surface area contributed by atoms with Gasteiger partial charge in [0.1, 0.15) is 0 Å². The summed E-state index contributed by atoms with van der Waals surface area (Å²) in [6, 6.07) is 14.7. The second-order valence-corrected chi connectivity index (χ2v) is 6.46. The molecule has 0 aliphatic carbocycles. The van der Waals surface area contributed by atoms with Crippen molar-refractivity contribution in [3.63, 3.8) is 0 Å². The first-order valence-electron chi connectivity index (χ1n) is 8.45. The molecule has 4 rings (SSSR count). The van der Waals surface area contributed by atoms with E-state index in [0.29, 0.717) is 17.0 Å². The first-order chi connectivity index (χ1) is 13.0. The van der Waals surface area contributed by atoms with Crippen molar-refractivity contribution in [2.45, 2.75) is 6.04 Å². The highest BCUT2D eigenvalue weighted by Crippen LogP contribution is 2.37. The number of hydrogen-bond donors (Lipinski definition) is 2. The highest BCUT2D eigenvalue weighted by Gasteiger charge is 2.43. The Hall–Kier alpha value is -3.61. The fourth-order valence-electron chi connectivity index (χ4n) is 3.48. The summed E-state index contributed by atoms with van der Waals surface area (Å²) >= 11 is 0. The van der Waals surface area contributed by atoms with Gasteiger partial charge in [-0.05, 0) is 23.8 Å². The molecule has 2 aliphatic rings. The molecule has 0 saturated heterocycles. The maximum absolute atomic E-state index is 13.2. The van der Waals surface area contributed by atoms with Crippen molar-refractivity contribution in [1.29, 1.82) is 0 Å². The number of hydrogen-bond acceptors (Lipinski definition) is 3. The van der Waals surface area contributed by atoms with Gasteiger partial charge in [-0.25, -0.2) is 9.59 Å². The quantitative estimate of drug-likeness (QED) is 0.876. The molecule has 136 valence electrons. The molecule has 0 spiro atoms. The molecule has 0 saturated carbocycles. The molecule has 0 unspecified atom stereocenters. The minimum atomic E-state index is -1.06. The number of aromatic carboxylic acids is 1. The fourth-order valence-corrected chi connectivity index (χ4v) is 3.48. The van der Waals surface area contributed by atoms with Gasteiger partial charge in [0.25, 0.3) is 5.91 Å². The van der Waals surface area contributed by atoms with Gasteiger partial charge in [0.05, 0.1) is 29.4 Å². The maximum Gasteiger partial charge on any atom is 0.335 e. The Morgan fingerprint density at radius 2 is 1.85 bits per heavy atom. The summed E-state index contributed by atoms with van der Waals surface area (Å²) in [4.78, 5) is 39.8. The lowest BCUT2D eigenvalue weighted by Crippen LogP contribution is -2.45. The lowest BCUT2D eigenvalue weighted by atomic mass is 9.96. The first-order valence-corrected chi connectivity index (χ1v) is 8.45. The van der Waals surface area contributed by atoms with Crippen molar-refractivity contribution >= 4 is 23.6 Å². The van der Waals surface area contributed by atoms with Gasteiger partial charge < -0.3 is 15.3 Å². The molecule has 2 aromatic carbocycles. The number of nitrogens with zero attached hydrogens (tertiary/aromatic N) is 2. The lowest BCUT2D eigenvalue weighted by molar-refractivity contribution is -0.114. The molecule has 27 heavy (non-hydrogen) atoms. The molecule has 7 nitrogen and oxygen atoms in total. The van der Waals surface area contributed by atoms with Crippen LogP contribution >= 0.6 is 0 Å². The highest BCUT2D eigenvalue weighted by molar-refractivity contribution is 6.12. The molecule has 3 amide bonds. The molecule has 7 heteroatoms. The molecule has 0 fully saturated rings. The molecule has 0 aromatic heterocycles. The van der Waals surface area contributed by atoms with E-state index in [-0.39, 0.29) is 24.0 Å². The van der Waals surface area contributed by atoms with E-state index in [1.54, 1.807) is 19.2 Å². The summed E-state index contributed by atoms with van der Waals surface area (Å²) in [6.07, 6.45) is 0. The smallest absolute Gasteiger partial charge is 0.335 e. The average Bonchev–Trinajstić information content (AvgIpc) is 3.03. The summed E-state index contributed by atoms with van der Waals surface area (Å²) in [5.41, 5.74) is 2.54. The van der Waals surface area contributed by atoms with Crippen molar-refractivity contribution in [3.05, 3.63) is 77.0 Å². The van der Waals surface area contributed by atoms with Gasteiger partial charge in [-0.2, -0.15) is 0 Å². The minimum Gasteiger partial charge on any atom is -0.478 e. The Bertz CT molecular complexity index is 984. The fraction of sp³-hybridized carbons (Fsp3) is 0.150. The first kappa shape index (κ1) is 16.8. The van der Waals surface area contributed by atoms with Crippen molar-refractivity contribution < 1.29 is 19.5 Å². The van der Waals surface area contributed by atoms with Gasteiger partial charge in [0.15, 0.2) is 0 Å². The van der Waals surface area contributed by atoms with E-state index in [1.807, 2.05) is 30.3 Å². The van der Waals surface area contributed by atoms with E-state index in [4.69, 9.17) is 0 Å². The van der Waals surface area contributed by atoms with E-state index in [1.165, 1.54) is 21.9 Å². The average molecular weight is 363 g/mol. The predicted molar refractivity (Wildman–Crippen MR) is 98.3 cm³/mol. The normalized spacial score (nSPS) is 19.2. The predicted octanol–water partition coefficient (Wildman–Crippen LogP) is 2.38. The van der Waals surface area contributed by atoms with E-state index in [9.17, 15) is 19.5 Å². The lowest BCUT2D eigenvalue weighted by Gasteiger charge is -2.31. The van der Waals surface area contributed by atoms with Gasteiger partial charge >= 0.3 is 12.0 Å². The Balaban J connectivity index is 1.75. The van der Waals surface area contributed by atoms with E-state index >= 15 is 0 Å². The van der Waals surface area contributed by atoms with E-state index in [0.717, 1.165) is 5.56 Å². The Morgan fingerprint density at radius 1 is 1.11 bits per heavy atom. The van der Waals surface area contributed by atoms with Crippen LogP contribution in [0.15, 0.2) is 65.9 Å². The molecule has 0 radical (unpaired) electrons. The largest absolute Gasteiger partial charge is 0.478 e. The summed E-state index contributed by atoms with van der Waals surface area (Å²) in [5, 5.41) is 12.1. The van der Waals surface area contributed by atoms with Crippen LogP contribution in [-0.2, 0) is 4.79 Å². The Kier molecular flexibility index (Phi) is 3.92. The summed E-state index contributed by atoms with van der Waals surface area (Å²) in [7, 11) is 1.62. The summed E-state index contributed by atoms with van der Waals surface area (Å²) in [6.45, 7) is 0.213. The van der Waals surface area contributed by atoms with Gasteiger partial charge in [-0.3, -0.25) is 9.69 Å². The molecule has 2 heterocycles. The molecule has 2 aliphatic heterocycles. The molecular weight excluding hydrogens is 346 g/mol. The number of carbonyl (C=O) groups is 3. The van der Waals surface area contributed by atoms with E-state index in [2.05, 4.69) is 5.32 Å². The van der Waals surface area contributed by atoms with Crippen LogP contribution in [0.3, 0.4) is 0 Å². The molecule has 2 aromatic rings. The van der Waals surface area contributed by atoms with Crippen LogP contribution in [-0.4, -0.2) is 41.5 Å². The zero-order valence-corrected chi connectivity index (χ0v) is 14.5. The number of nitrogens with one attached hydrogen (secondary N) is 1. The molecule has 2 N–H and O–H groups in total. The summed E-state index contributed by atoms with van der Waals surface area (Å²) < 4.78 is 0. The van der Waals surface area contributed by atoms with Crippen molar-refractivity contribution in [3.8, 4) is 0 Å². The zero-order chi connectivity index (χ0) is 19.1. The number of benzene rings is 2. The number of carboxylic acids is 1. The van der Waals surface area contributed by atoms with Crippen LogP contribution in [0.5, 0.6) is 0 Å². The number of likely N-dealkylation sites (N-methyl/N-ethyl adjacent to an activating group) is 1. The van der Waals surface area contributed by atoms with Gasteiger partial charge in [0, 0.05) is 12.7 Å². The van der Waals surface area contributed by atoms with Crippen molar-refractivity contribution in [1.82, 2.24) is 10.2 Å². The third-order valence-corrected chi connectivity index (χ3v) is 4.90.